The second-order valence-corrected chi connectivity index (χ2v) is 7.29. The van der Waals surface area contributed by atoms with E-state index < -0.39 is 9.84 Å². The van der Waals surface area contributed by atoms with Crippen molar-refractivity contribution in [1.82, 2.24) is 15.1 Å². The van der Waals surface area contributed by atoms with Gasteiger partial charge in [-0.1, -0.05) is 6.92 Å². The third kappa shape index (κ3) is 4.62. The molecule has 0 aliphatic rings. The van der Waals surface area contributed by atoms with Crippen molar-refractivity contribution in [2.45, 2.75) is 40.2 Å². The first kappa shape index (κ1) is 16.2. The van der Waals surface area contributed by atoms with Crippen LogP contribution in [0.2, 0.25) is 0 Å². The molecular weight excluding hydrogens is 262 g/mol. The molecular formula is C13H25N3O2S. The fourth-order valence-corrected chi connectivity index (χ4v) is 3.00. The van der Waals surface area contributed by atoms with Crippen LogP contribution in [-0.2, 0) is 22.8 Å². The molecule has 1 heterocycles. The number of aryl methyl sites for hydroxylation is 2. The van der Waals surface area contributed by atoms with Gasteiger partial charge in [0.2, 0.25) is 0 Å². The number of aromatic nitrogens is 2. The average Bonchev–Trinajstić information content (AvgIpc) is 2.62. The molecule has 110 valence electrons. The summed E-state index contributed by atoms with van der Waals surface area (Å²) in [6.45, 7) is 7.36. The maximum atomic E-state index is 11.5. The van der Waals surface area contributed by atoms with Crippen molar-refractivity contribution in [3.63, 3.8) is 0 Å². The van der Waals surface area contributed by atoms with Crippen molar-refractivity contribution in [2.24, 2.45) is 0 Å². The number of nitrogens with one attached hydrogen (secondary N) is 1. The second-order valence-electron chi connectivity index (χ2n) is 4.82. The predicted molar refractivity (Wildman–Crippen MR) is 78.3 cm³/mol. The number of sulfone groups is 1. The van der Waals surface area contributed by atoms with E-state index in [9.17, 15) is 8.42 Å². The molecule has 1 aromatic rings. The summed E-state index contributed by atoms with van der Waals surface area (Å²) >= 11 is 0. The Morgan fingerprint density at radius 2 is 2.00 bits per heavy atom. The zero-order valence-corrected chi connectivity index (χ0v) is 13.2. The monoisotopic (exact) mass is 287 g/mol. The lowest BCUT2D eigenvalue weighted by Crippen LogP contribution is -2.13. The summed E-state index contributed by atoms with van der Waals surface area (Å²) in [5.74, 6) is 0.464. The van der Waals surface area contributed by atoms with Crippen LogP contribution in [0.1, 0.15) is 30.3 Å². The zero-order chi connectivity index (χ0) is 14.5. The molecule has 6 heteroatoms. The highest BCUT2D eigenvalue weighted by Gasteiger charge is 2.12. The molecule has 0 aromatic carbocycles. The molecule has 0 aliphatic heterocycles. The van der Waals surface area contributed by atoms with Gasteiger partial charge >= 0.3 is 0 Å². The first-order valence-electron chi connectivity index (χ1n) is 6.79. The molecule has 0 saturated heterocycles. The molecule has 0 amide bonds. The Bertz CT molecular complexity index is 506. The molecule has 0 atom stereocenters. The highest BCUT2D eigenvalue weighted by atomic mass is 32.2. The third-order valence-corrected chi connectivity index (χ3v) is 5.21. The summed E-state index contributed by atoms with van der Waals surface area (Å²) in [4.78, 5) is 0. The van der Waals surface area contributed by atoms with E-state index >= 15 is 0 Å². The molecule has 0 aliphatic carbocycles. The molecule has 0 spiro atoms. The van der Waals surface area contributed by atoms with Crippen LogP contribution in [0.15, 0.2) is 0 Å². The first-order valence-corrected chi connectivity index (χ1v) is 8.61. The van der Waals surface area contributed by atoms with Crippen LogP contribution < -0.4 is 5.32 Å². The minimum Gasteiger partial charge on any atom is -0.319 e. The Morgan fingerprint density at radius 3 is 2.58 bits per heavy atom. The highest BCUT2D eigenvalue weighted by Crippen LogP contribution is 2.14. The maximum absolute atomic E-state index is 11.5. The van der Waals surface area contributed by atoms with Crippen molar-refractivity contribution in [3.8, 4) is 0 Å². The van der Waals surface area contributed by atoms with E-state index in [0.29, 0.717) is 13.0 Å². The fraction of sp³-hybridized carbons (Fsp3) is 0.769. The molecule has 1 N–H and O–H groups in total. The van der Waals surface area contributed by atoms with Gasteiger partial charge in [-0.15, -0.1) is 0 Å². The quantitative estimate of drug-likeness (QED) is 0.777. The van der Waals surface area contributed by atoms with Gasteiger partial charge in [-0.3, -0.25) is 4.68 Å². The molecule has 0 saturated carbocycles. The van der Waals surface area contributed by atoms with Gasteiger partial charge in [0.25, 0.3) is 0 Å². The Balaban J connectivity index is 2.65. The molecule has 0 fully saturated rings. The summed E-state index contributed by atoms with van der Waals surface area (Å²) < 4.78 is 24.8. The Kier molecular flexibility index (Phi) is 6.00. The summed E-state index contributed by atoms with van der Waals surface area (Å²) in [5.41, 5.74) is 3.47. The minimum absolute atomic E-state index is 0.220. The molecule has 1 aromatic heterocycles. The molecule has 0 unspecified atom stereocenters. The second kappa shape index (κ2) is 7.05. The van der Waals surface area contributed by atoms with Crippen LogP contribution in [0.4, 0.5) is 0 Å². The van der Waals surface area contributed by atoms with Crippen molar-refractivity contribution < 1.29 is 8.42 Å². The summed E-state index contributed by atoms with van der Waals surface area (Å²) in [7, 11) is -0.936. The largest absolute Gasteiger partial charge is 0.319 e. The Hall–Kier alpha value is -0.880. The van der Waals surface area contributed by atoms with E-state index in [0.717, 1.165) is 24.4 Å². The van der Waals surface area contributed by atoms with Crippen LogP contribution in [0.3, 0.4) is 0 Å². The van der Waals surface area contributed by atoms with E-state index in [1.807, 2.05) is 18.7 Å². The van der Waals surface area contributed by atoms with Crippen molar-refractivity contribution in [1.29, 1.82) is 0 Å². The predicted octanol–water partition coefficient (Wildman–Crippen LogP) is 1.09. The van der Waals surface area contributed by atoms with Crippen LogP contribution >= 0.6 is 0 Å². The van der Waals surface area contributed by atoms with E-state index in [2.05, 4.69) is 17.3 Å². The number of likely N-dealkylation sites (N-methyl/N-ethyl adjacent to an activating group) is 1. The number of nitrogens with zero attached hydrogens (tertiary/aromatic N) is 2. The van der Waals surface area contributed by atoms with Gasteiger partial charge in [-0.2, -0.15) is 5.10 Å². The standard InChI is InChI=1S/C13H25N3O2S/c1-5-19(17,18)10-6-9-16-12(3)13(7-8-14-4)11(2)15-16/h14H,5-10H2,1-4H3. The van der Waals surface area contributed by atoms with Gasteiger partial charge < -0.3 is 5.32 Å². The highest BCUT2D eigenvalue weighted by molar-refractivity contribution is 7.91. The van der Waals surface area contributed by atoms with Crippen LogP contribution in [0.5, 0.6) is 0 Å². The molecule has 19 heavy (non-hydrogen) atoms. The van der Waals surface area contributed by atoms with Crippen LogP contribution in [0, 0.1) is 13.8 Å². The van der Waals surface area contributed by atoms with E-state index in [1.54, 1.807) is 6.92 Å². The summed E-state index contributed by atoms with van der Waals surface area (Å²) in [5, 5.41) is 7.64. The number of hydrogen-bond acceptors (Lipinski definition) is 4. The SMILES string of the molecule is CCS(=O)(=O)CCCn1nc(C)c(CCNC)c1C. The van der Waals surface area contributed by atoms with E-state index in [-0.39, 0.29) is 11.5 Å². The zero-order valence-electron chi connectivity index (χ0n) is 12.4. The topological polar surface area (TPSA) is 64.0 Å². The third-order valence-electron chi connectivity index (χ3n) is 3.42. The van der Waals surface area contributed by atoms with Gasteiger partial charge in [0.05, 0.1) is 11.4 Å². The van der Waals surface area contributed by atoms with Gasteiger partial charge in [-0.05, 0) is 45.8 Å². The smallest absolute Gasteiger partial charge is 0.150 e. The van der Waals surface area contributed by atoms with Gasteiger partial charge in [0.15, 0.2) is 0 Å². The van der Waals surface area contributed by atoms with Gasteiger partial charge in [-0.25, -0.2) is 8.42 Å². The van der Waals surface area contributed by atoms with E-state index in [4.69, 9.17) is 0 Å². The van der Waals surface area contributed by atoms with Gasteiger partial charge in [0, 0.05) is 18.0 Å². The van der Waals surface area contributed by atoms with Crippen molar-refractivity contribution >= 4 is 9.84 Å². The van der Waals surface area contributed by atoms with Crippen LogP contribution in [-0.4, -0.2) is 43.3 Å². The van der Waals surface area contributed by atoms with Crippen LogP contribution in [0.25, 0.3) is 0 Å². The normalized spacial score (nSPS) is 12.0. The first-order chi connectivity index (χ1) is 8.91. The lowest BCUT2D eigenvalue weighted by Gasteiger charge is -2.06. The number of hydrogen-bond donors (Lipinski definition) is 1. The summed E-state index contributed by atoms with van der Waals surface area (Å²) in [6, 6.07) is 0. The van der Waals surface area contributed by atoms with Crippen molar-refractivity contribution in [2.75, 3.05) is 25.1 Å². The molecule has 0 bridgehead atoms. The Morgan fingerprint density at radius 1 is 1.32 bits per heavy atom. The lowest BCUT2D eigenvalue weighted by atomic mass is 10.1. The lowest BCUT2D eigenvalue weighted by molar-refractivity contribution is 0.564. The average molecular weight is 287 g/mol. The van der Waals surface area contributed by atoms with Gasteiger partial charge in [0.1, 0.15) is 9.84 Å². The number of rotatable bonds is 8. The Labute approximate surface area is 116 Å². The molecule has 5 nitrogen and oxygen atoms in total. The van der Waals surface area contributed by atoms with Crippen molar-refractivity contribution in [3.05, 3.63) is 17.0 Å². The summed E-state index contributed by atoms with van der Waals surface area (Å²) in [6.07, 6.45) is 1.59. The fourth-order valence-electron chi connectivity index (χ4n) is 2.14. The maximum Gasteiger partial charge on any atom is 0.150 e. The van der Waals surface area contributed by atoms with E-state index in [1.165, 1.54) is 5.56 Å². The minimum atomic E-state index is -2.87. The molecule has 1 rings (SSSR count). The molecule has 0 radical (unpaired) electrons.